The molecule has 1 aliphatic heterocycles. The first-order chi connectivity index (χ1) is 8.06. The lowest BCUT2D eigenvalue weighted by atomic mass is 10.1. The first-order valence-electron chi connectivity index (χ1n) is 7.54. The lowest BCUT2D eigenvalue weighted by Gasteiger charge is -2.34. The van der Waals surface area contributed by atoms with Crippen LogP contribution in [0.1, 0.15) is 60.3 Å². The smallest absolute Gasteiger partial charge is 0.0198 e. The Morgan fingerprint density at radius 3 is 2.53 bits per heavy atom. The molecule has 1 rings (SSSR count). The number of likely N-dealkylation sites (tertiary alicyclic amines) is 1. The van der Waals surface area contributed by atoms with Gasteiger partial charge in [0.15, 0.2) is 0 Å². The maximum absolute atomic E-state index is 3.62. The maximum atomic E-state index is 3.62. The topological polar surface area (TPSA) is 15.3 Å². The van der Waals surface area contributed by atoms with Crippen molar-refractivity contribution >= 4 is 0 Å². The van der Waals surface area contributed by atoms with Crippen molar-refractivity contribution in [3.8, 4) is 0 Å². The van der Waals surface area contributed by atoms with Gasteiger partial charge in [0, 0.05) is 24.7 Å². The van der Waals surface area contributed by atoms with Crippen LogP contribution in [0.5, 0.6) is 0 Å². The van der Waals surface area contributed by atoms with E-state index >= 15 is 0 Å². The SMILES string of the molecule is CCC1CCC(C)N1C(C)CNCCC(C)C. The van der Waals surface area contributed by atoms with Crippen LogP contribution in [0, 0.1) is 5.92 Å². The van der Waals surface area contributed by atoms with E-state index in [9.17, 15) is 0 Å². The minimum absolute atomic E-state index is 0.685. The fraction of sp³-hybridized carbons (Fsp3) is 1.00. The van der Waals surface area contributed by atoms with Crippen molar-refractivity contribution in [2.24, 2.45) is 5.92 Å². The second-order valence-electron chi connectivity index (χ2n) is 6.17. The van der Waals surface area contributed by atoms with Crippen LogP contribution in [0.4, 0.5) is 0 Å². The summed E-state index contributed by atoms with van der Waals surface area (Å²) in [6.07, 6.45) is 5.38. The molecule has 2 nitrogen and oxygen atoms in total. The molecule has 0 spiro atoms. The van der Waals surface area contributed by atoms with Gasteiger partial charge in [0.25, 0.3) is 0 Å². The lowest BCUT2D eigenvalue weighted by molar-refractivity contribution is 0.141. The average Bonchev–Trinajstić information content (AvgIpc) is 2.65. The highest BCUT2D eigenvalue weighted by molar-refractivity contribution is 4.88. The van der Waals surface area contributed by atoms with Crippen LogP contribution in [0.15, 0.2) is 0 Å². The fourth-order valence-electron chi connectivity index (χ4n) is 3.11. The number of rotatable bonds is 7. The van der Waals surface area contributed by atoms with Gasteiger partial charge in [-0.2, -0.15) is 0 Å². The molecule has 0 bridgehead atoms. The Bertz CT molecular complexity index is 203. The highest BCUT2D eigenvalue weighted by Gasteiger charge is 2.32. The molecule has 1 saturated heterocycles. The minimum atomic E-state index is 0.685. The monoisotopic (exact) mass is 240 g/mol. The first kappa shape index (κ1) is 15.0. The van der Waals surface area contributed by atoms with Crippen LogP contribution in [0.25, 0.3) is 0 Å². The zero-order chi connectivity index (χ0) is 12.8. The molecule has 3 unspecified atom stereocenters. The predicted molar refractivity (Wildman–Crippen MR) is 76.4 cm³/mol. The van der Waals surface area contributed by atoms with E-state index < -0.39 is 0 Å². The molecule has 0 saturated carbocycles. The molecule has 1 N–H and O–H groups in total. The molecule has 0 amide bonds. The molecule has 1 aliphatic rings. The van der Waals surface area contributed by atoms with E-state index in [1.165, 1.54) is 32.2 Å². The van der Waals surface area contributed by atoms with Gasteiger partial charge in [-0.1, -0.05) is 20.8 Å². The normalized spacial score (nSPS) is 27.9. The molecule has 0 aromatic heterocycles. The number of hydrogen-bond donors (Lipinski definition) is 1. The van der Waals surface area contributed by atoms with Gasteiger partial charge in [-0.3, -0.25) is 4.90 Å². The van der Waals surface area contributed by atoms with Crippen LogP contribution in [-0.4, -0.2) is 36.1 Å². The Morgan fingerprint density at radius 1 is 1.24 bits per heavy atom. The van der Waals surface area contributed by atoms with Gasteiger partial charge in [-0.25, -0.2) is 0 Å². The van der Waals surface area contributed by atoms with Crippen molar-refractivity contribution in [1.82, 2.24) is 10.2 Å². The summed E-state index contributed by atoms with van der Waals surface area (Å²) in [6, 6.07) is 2.29. The summed E-state index contributed by atoms with van der Waals surface area (Å²) in [5, 5.41) is 3.62. The second kappa shape index (κ2) is 7.38. The summed E-state index contributed by atoms with van der Waals surface area (Å²) in [4.78, 5) is 2.74. The van der Waals surface area contributed by atoms with E-state index in [-0.39, 0.29) is 0 Å². The standard InChI is InChI=1S/C15H32N2/c1-6-15-8-7-13(4)17(15)14(5)11-16-10-9-12(2)3/h12-16H,6-11H2,1-5H3. The Kier molecular flexibility index (Phi) is 6.50. The zero-order valence-electron chi connectivity index (χ0n) is 12.5. The maximum Gasteiger partial charge on any atom is 0.0198 e. The molecule has 0 aliphatic carbocycles. The van der Waals surface area contributed by atoms with Crippen LogP contribution in [0.3, 0.4) is 0 Å². The third-order valence-corrected chi connectivity index (χ3v) is 4.17. The van der Waals surface area contributed by atoms with Crippen LogP contribution in [-0.2, 0) is 0 Å². The van der Waals surface area contributed by atoms with Crippen LogP contribution < -0.4 is 5.32 Å². The predicted octanol–water partition coefficient (Wildman–Crippen LogP) is 3.27. The Morgan fingerprint density at radius 2 is 1.94 bits per heavy atom. The highest BCUT2D eigenvalue weighted by atomic mass is 15.2. The van der Waals surface area contributed by atoms with Crippen molar-refractivity contribution in [3.63, 3.8) is 0 Å². The molecule has 0 radical (unpaired) electrons. The van der Waals surface area contributed by atoms with Gasteiger partial charge in [-0.05, 0) is 52.0 Å². The summed E-state index contributed by atoms with van der Waals surface area (Å²) in [7, 11) is 0. The largest absolute Gasteiger partial charge is 0.315 e. The van der Waals surface area contributed by atoms with Crippen molar-refractivity contribution in [2.75, 3.05) is 13.1 Å². The zero-order valence-corrected chi connectivity index (χ0v) is 12.5. The minimum Gasteiger partial charge on any atom is -0.315 e. The van der Waals surface area contributed by atoms with Gasteiger partial charge in [0.2, 0.25) is 0 Å². The fourth-order valence-corrected chi connectivity index (χ4v) is 3.11. The van der Waals surface area contributed by atoms with Gasteiger partial charge < -0.3 is 5.32 Å². The van der Waals surface area contributed by atoms with Crippen molar-refractivity contribution in [1.29, 1.82) is 0 Å². The van der Waals surface area contributed by atoms with Crippen LogP contribution >= 0.6 is 0 Å². The third-order valence-electron chi connectivity index (χ3n) is 4.17. The van der Waals surface area contributed by atoms with E-state index in [0.717, 1.165) is 24.5 Å². The highest BCUT2D eigenvalue weighted by Crippen LogP contribution is 2.27. The molecule has 17 heavy (non-hydrogen) atoms. The Labute approximate surface area is 108 Å². The number of hydrogen-bond acceptors (Lipinski definition) is 2. The van der Waals surface area contributed by atoms with E-state index in [0.29, 0.717) is 6.04 Å². The van der Waals surface area contributed by atoms with Gasteiger partial charge >= 0.3 is 0 Å². The summed E-state index contributed by atoms with van der Waals surface area (Å²) in [5.74, 6) is 0.812. The van der Waals surface area contributed by atoms with Gasteiger partial charge in [0.1, 0.15) is 0 Å². The Hall–Kier alpha value is -0.0800. The summed E-state index contributed by atoms with van der Waals surface area (Å²) < 4.78 is 0. The molecule has 1 heterocycles. The van der Waals surface area contributed by atoms with Crippen molar-refractivity contribution in [2.45, 2.75) is 78.4 Å². The molecule has 0 aromatic rings. The van der Waals surface area contributed by atoms with E-state index in [2.05, 4.69) is 44.8 Å². The summed E-state index contributed by atoms with van der Waals surface area (Å²) in [6.45, 7) is 14.0. The third kappa shape index (κ3) is 4.59. The quantitative estimate of drug-likeness (QED) is 0.687. The van der Waals surface area contributed by atoms with E-state index in [1.54, 1.807) is 0 Å². The molecular formula is C15H32N2. The van der Waals surface area contributed by atoms with Crippen LogP contribution in [0.2, 0.25) is 0 Å². The van der Waals surface area contributed by atoms with E-state index in [4.69, 9.17) is 0 Å². The molecule has 1 fully saturated rings. The van der Waals surface area contributed by atoms with Gasteiger partial charge in [0.05, 0.1) is 0 Å². The van der Waals surface area contributed by atoms with Gasteiger partial charge in [-0.15, -0.1) is 0 Å². The molecule has 2 heteroatoms. The first-order valence-corrected chi connectivity index (χ1v) is 7.54. The second-order valence-corrected chi connectivity index (χ2v) is 6.17. The van der Waals surface area contributed by atoms with Crippen molar-refractivity contribution in [3.05, 3.63) is 0 Å². The number of nitrogens with zero attached hydrogens (tertiary/aromatic N) is 1. The Balaban J connectivity index is 2.28. The molecule has 0 aromatic carbocycles. The number of nitrogens with one attached hydrogen (secondary N) is 1. The molecular weight excluding hydrogens is 208 g/mol. The average molecular weight is 240 g/mol. The lowest BCUT2D eigenvalue weighted by Crippen LogP contribution is -2.46. The summed E-state index contributed by atoms with van der Waals surface area (Å²) >= 11 is 0. The van der Waals surface area contributed by atoms with Crippen molar-refractivity contribution < 1.29 is 0 Å². The summed E-state index contributed by atoms with van der Waals surface area (Å²) in [5.41, 5.74) is 0. The van der Waals surface area contributed by atoms with E-state index in [1.807, 2.05) is 0 Å². The molecule has 102 valence electrons. The molecule has 3 atom stereocenters.